The van der Waals surface area contributed by atoms with Crippen LogP contribution in [0.5, 0.6) is 5.75 Å². The van der Waals surface area contributed by atoms with Gasteiger partial charge in [-0.2, -0.15) is 10.2 Å². The molecule has 1 N–H and O–H groups in total. The number of benzene rings is 2. The minimum Gasteiger partial charge on any atom is -0.496 e. The zero-order chi connectivity index (χ0) is 18.4. The maximum atomic E-state index is 12.2. The second-order valence-electron chi connectivity index (χ2n) is 5.47. The van der Waals surface area contributed by atoms with E-state index < -0.39 is 0 Å². The zero-order valence-corrected chi connectivity index (χ0v) is 15.7. The lowest BCUT2D eigenvalue weighted by molar-refractivity contribution is 0.0949. The van der Waals surface area contributed by atoms with E-state index in [1.165, 1.54) is 6.21 Å². The molecule has 0 unspecified atom stereocenters. The van der Waals surface area contributed by atoms with Crippen molar-refractivity contribution in [3.05, 3.63) is 82.1 Å². The Hall–Kier alpha value is -2.93. The summed E-state index contributed by atoms with van der Waals surface area (Å²) in [6.45, 7) is 0.588. The van der Waals surface area contributed by atoms with Gasteiger partial charge in [0.1, 0.15) is 5.75 Å². The third-order valence-electron chi connectivity index (χ3n) is 3.64. The first-order valence-electron chi connectivity index (χ1n) is 7.90. The summed E-state index contributed by atoms with van der Waals surface area (Å²) in [6, 6.07) is 17.0. The average molecular weight is 413 g/mol. The molecule has 3 aromatic rings. The Bertz CT molecular complexity index is 919. The summed E-state index contributed by atoms with van der Waals surface area (Å²) in [6.07, 6.45) is 3.30. The Morgan fingerprint density at radius 1 is 1.23 bits per heavy atom. The summed E-state index contributed by atoms with van der Waals surface area (Å²) in [7, 11) is 1.59. The lowest BCUT2D eigenvalue weighted by atomic mass is 10.2. The van der Waals surface area contributed by atoms with Crippen molar-refractivity contribution in [2.75, 3.05) is 7.11 Å². The number of halogens is 1. The highest BCUT2D eigenvalue weighted by atomic mass is 79.9. The molecule has 0 saturated heterocycles. The summed E-state index contributed by atoms with van der Waals surface area (Å²) in [5, 5.41) is 8.25. The van der Waals surface area contributed by atoms with Crippen molar-refractivity contribution in [2.45, 2.75) is 6.54 Å². The molecule has 6 nitrogen and oxygen atoms in total. The number of para-hydroxylation sites is 1. The highest BCUT2D eigenvalue weighted by Gasteiger charge is 2.09. The molecule has 0 bridgehead atoms. The van der Waals surface area contributed by atoms with Crippen LogP contribution in [0.4, 0.5) is 0 Å². The van der Waals surface area contributed by atoms with E-state index in [-0.39, 0.29) is 5.91 Å². The van der Waals surface area contributed by atoms with Crippen molar-refractivity contribution < 1.29 is 9.53 Å². The molecule has 0 saturated carbocycles. The van der Waals surface area contributed by atoms with Crippen molar-refractivity contribution in [1.82, 2.24) is 15.2 Å². The summed E-state index contributed by atoms with van der Waals surface area (Å²) < 4.78 is 7.97. The number of carbonyl (C=O) groups is 1. The molecule has 132 valence electrons. The van der Waals surface area contributed by atoms with Gasteiger partial charge in [-0.05, 0) is 35.9 Å². The Labute approximate surface area is 159 Å². The third kappa shape index (κ3) is 4.58. The number of nitrogens with one attached hydrogen (secondary N) is 1. The minimum absolute atomic E-state index is 0.305. The van der Waals surface area contributed by atoms with Crippen LogP contribution in [0.3, 0.4) is 0 Å². The number of aromatic nitrogens is 2. The number of nitrogens with zero attached hydrogens (tertiary/aromatic N) is 3. The van der Waals surface area contributed by atoms with Gasteiger partial charge in [0.05, 0.1) is 19.9 Å². The van der Waals surface area contributed by atoms with Gasteiger partial charge in [-0.15, -0.1) is 0 Å². The topological polar surface area (TPSA) is 68.5 Å². The lowest BCUT2D eigenvalue weighted by Gasteiger charge is -2.03. The van der Waals surface area contributed by atoms with E-state index >= 15 is 0 Å². The van der Waals surface area contributed by atoms with Crippen molar-refractivity contribution in [3.8, 4) is 5.75 Å². The van der Waals surface area contributed by atoms with Crippen LogP contribution in [0.1, 0.15) is 21.6 Å². The van der Waals surface area contributed by atoms with Gasteiger partial charge in [-0.3, -0.25) is 9.48 Å². The van der Waals surface area contributed by atoms with E-state index in [4.69, 9.17) is 4.74 Å². The molecule has 3 rings (SSSR count). The molecule has 0 aliphatic carbocycles. The molecule has 0 atom stereocenters. The van der Waals surface area contributed by atoms with E-state index in [0.29, 0.717) is 18.0 Å². The number of carbonyl (C=O) groups excluding carboxylic acids is 1. The number of methoxy groups -OCH3 is 1. The van der Waals surface area contributed by atoms with Gasteiger partial charge in [-0.1, -0.05) is 40.2 Å². The molecule has 0 spiro atoms. The Kier molecular flexibility index (Phi) is 5.80. The zero-order valence-electron chi connectivity index (χ0n) is 14.1. The highest BCUT2D eigenvalue weighted by Crippen LogP contribution is 2.14. The number of ether oxygens (including phenoxy) is 1. The first kappa shape index (κ1) is 17.9. The molecular formula is C19H17BrN4O2. The fourth-order valence-corrected chi connectivity index (χ4v) is 2.60. The van der Waals surface area contributed by atoms with Crippen LogP contribution >= 0.6 is 15.9 Å². The van der Waals surface area contributed by atoms with Crippen LogP contribution in [0.2, 0.25) is 0 Å². The van der Waals surface area contributed by atoms with E-state index in [1.54, 1.807) is 24.1 Å². The first-order valence-corrected chi connectivity index (χ1v) is 8.69. The standard InChI is InChI=1S/C19H17BrN4O2/c1-26-18-5-3-2-4-15(18)12-21-22-19(25)17-10-11-24(23-17)13-14-6-8-16(20)9-7-14/h2-12H,13H2,1H3,(H,22,25)/b21-12-. The van der Waals surface area contributed by atoms with Crippen LogP contribution in [-0.4, -0.2) is 29.0 Å². The molecular weight excluding hydrogens is 396 g/mol. The predicted molar refractivity (Wildman–Crippen MR) is 104 cm³/mol. The number of amides is 1. The first-order chi connectivity index (χ1) is 12.7. The lowest BCUT2D eigenvalue weighted by Crippen LogP contribution is -2.18. The van der Waals surface area contributed by atoms with Crippen LogP contribution < -0.4 is 10.2 Å². The molecule has 2 aromatic carbocycles. The molecule has 26 heavy (non-hydrogen) atoms. The smallest absolute Gasteiger partial charge is 0.291 e. The monoisotopic (exact) mass is 412 g/mol. The summed E-state index contributed by atoms with van der Waals surface area (Å²) in [4.78, 5) is 12.2. The highest BCUT2D eigenvalue weighted by molar-refractivity contribution is 9.10. The van der Waals surface area contributed by atoms with Crippen molar-refractivity contribution in [1.29, 1.82) is 0 Å². The Morgan fingerprint density at radius 2 is 2.00 bits per heavy atom. The van der Waals surface area contributed by atoms with Crippen LogP contribution in [0, 0.1) is 0 Å². The number of hydrazone groups is 1. The maximum Gasteiger partial charge on any atom is 0.291 e. The Morgan fingerprint density at radius 3 is 2.77 bits per heavy atom. The fourth-order valence-electron chi connectivity index (χ4n) is 2.34. The second kappa shape index (κ2) is 8.44. The molecule has 0 fully saturated rings. The van der Waals surface area contributed by atoms with Crippen molar-refractivity contribution in [2.24, 2.45) is 5.10 Å². The SMILES string of the molecule is COc1ccccc1/C=N\NC(=O)c1ccn(Cc2ccc(Br)cc2)n1. The van der Waals surface area contributed by atoms with Crippen LogP contribution in [-0.2, 0) is 6.54 Å². The van der Waals surface area contributed by atoms with E-state index in [0.717, 1.165) is 15.6 Å². The summed E-state index contributed by atoms with van der Waals surface area (Å²) in [5.41, 5.74) is 4.65. The molecule has 7 heteroatoms. The summed E-state index contributed by atoms with van der Waals surface area (Å²) in [5.74, 6) is 0.315. The van der Waals surface area contributed by atoms with Crippen molar-refractivity contribution >= 4 is 28.1 Å². The van der Waals surface area contributed by atoms with Crippen molar-refractivity contribution in [3.63, 3.8) is 0 Å². The van der Waals surface area contributed by atoms with Crippen LogP contribution in [0.25, 0.3) is 0 Å². The Balaban J connectivity index is 1.61. The van der Waals surface area contributed by atoms with E-state index in [2.05, 4.69) is 31.6 Å². The van der Waals surface area contributed by atoms with Gasteiger partial charge in [0.15, 0.2) is 5.69 Å². The number of rotatable bonds is 6. The molecule has 1 aromatic heterocycles. The molecule has 0 radical (unpaired) electrons. The predicted octanol–water partition coefficient (Wildman–Crippen LogP) is 3.47. The number of hydrogen-bond acceptors (Lipinski definition) is 4. The summed E-state index contributed by atoms with van der Waals surface area (Å²) >= 11 is 3.41. The van der Waals surface area contributed by atoms with Gasteiger partial charge in [0.2, 0.25) is 0 Å². The molecule has 0 aliphatic rings. The molecule has 1 amide bonds. The quantitative estimate of drug-likeness (QED) is 0.497. The normalized spacial score (nSPS) is 10.8. The second-order valence-corrected chi connectivity index (χ2v) is 6.38. The number of hydrogen-bond donors (Lipinski definition) is 1. The molecule has 1 heterocycles. The third-order valence-corrected chi connectivity index (χ3v) is 4.17. The minimum atomic E-state index is -0.370. The maximum absolute atomic E-state index is 12.2. The van der Waals surface area contributed by atoms with E-state index in [1.807, 2.05) is 48.5 Å². The van der Waals surface area contributed by atoms with Gasteiger partial charge in [0.25, 0.3) is 5.91 Å². The largest absolute Gasteiger partial charge is 0.496 e. The van der Waals surface area contributed by atoms with E-state index in [9.17, 15) is 4.79 Å². The fraction of sp³-hybridized carbons (Fsp3) is 0.105. The van der Waals surface area contributed by atoms with Gasteiger partial charge >= 0.3 is 0 Å². The molecule has 0 aliphatic heterocycles. The van der Waals surface area contributed by atoms with Crippen LogP contribution in [0.15, 0.2) is 70.4 Å². The average Bonchev–Trinajstić information content (AvgIpc) is 3.12. The van der Waals surface area contributed by atoms with Gasteiger partial charge in [-0.25, -0.2) is 5.43 Å². The van der Waals surface area contributed by atoms with Gasteiger partial charge in [0, 0.05) is 16.2 Å². The van der Waals surface area contributed by atoms with Gasteiger partial charge < -0.3 is 4.74 Å².